The molecule has 0 unspecified atom stereocenters. The second-order valence-electron chi connectivity index (χ2n) is 5.47. The average Bonchev–Trinajstić information content (AvgIpc) is 3.33. The van der Waals surface area contributed by atoms with E-state index >= 15 is 0 Å². The lowest BCUT2D eigenvalue weighted by molar-refractivity contribution is 0.0985. The van der Waals surface area contributed by atoms with Crippen molar-refractivity contribution in [2.45, 2.75) is 32.4 Å². The Bertz CT molecular complexity index is 630. The minimum atomic E-state index is 0.0190. The van der Waals surface area contributed by atoms with Gasteiger partial charge in [-0.15, -0.1) is 0 Å². The van der Waals surface area contributed by atoms with Gasteiger partial charge in [0.2, 0.25) is 0 Å². The molecule has 21 heavy (non-hydrogen) atoms. The van der Waals surface area contributed by atoms with Gasteiger partial charge >= 0.3 is 0 Å². The summed E-state index contributed by atoms with van der Waals surface area (Å²) in [6.07, 6.45) is 3.77. The first-order chi connectivity index (χ1) is 10.2. The lowest BCUT2D eigenvalue weighted by atomic mass is 10.1. The second-order valence-corrected chi connectivity index (χ2v) is 5.47. The molecule has 1 saturated carbocycles. The molecule has 0 atom stereocenters. The third kappa shape index (κ3) is 2.95. The number of rotatable bonds is 4. The second kappa shape index (κ2) is 5.66. The molecule has 2 aromatic rings. The third-order valence-electron chi connectivity index (χ3n) is 3.74. The topological polar surface area (TPSA) is 59.2 Å². The van der Waals surface area contributed by atoms with Gasteiger partial charge in [-0.05, 0) is 49.6 Å². The summed E-state index contributed by atoms with van der Waals surface area (Å²) < 4.78 is 0. The molecule has 108 valence electrons. The fourth-order valence-electron chi connectivity index (χ4n) is 2.35. The van der Waals surface area contributed by atoms with Gasteiger partial charge < -0.3 is 10.6 Å². The number of pyridine rings is 1. The van der Waals surface area contributed by atoms with Crippen molar-refractivity contribution >= 4 is 11.6 Å². The van der Waals surface area contributed by atoms with Gasteiger partial charge in [-0.25, -0.2) is 0 Å². The van der Waals surface area contributed by atoms with Crippen LogP contribution in [0.2, 0.25) is 0 Å². The molecule has 1 amide bonds. The summed E-state index contributed by atoms with van der Waals surface area (Å²) in [6, 6.07) is 11.9. The molecule has 0 saturated heterocycles. The molecule has 2 N–H and O–H groups in total. The molecule has 0 radical (unpaired) electrons. The number of nitrogens with zero attached hydrogens (tertiary/aromatic N) is 2. The van der Waals surface area contributed by atoms with Gasteiger partial charge in [0.15, 0.2) is 0 Å². The zero-order valence-corrected chi connectivity index (χ0v) is 12.1. The van der Waals surface area contributed by atoms with E-state index in [2.05, 4.69) is 4.98 Å². The highest BCUT2D eigenvalue weighted by atomic mass is 16.2. The van der Waals surface area contributed by atoms with Gasteiger partial charge in [0.1, 0.15) is 0 Å². The Morgan fingerprint density at radius 1 is 1.24 bits per heavy atom. The van der Waals surface area contributed by atoms with Crippen LogP contribution >= 0.6 is 0 Å². The zero-order chi connectivity index (χ0) is 14.8. The highest BCUT2D eigenvalue weighted by molar-refractivity contribution is 6.06. The first kappa shape index (κ1) is 13.8. The van der Waals surface area contributed by atoms with E-state index in [1.807, 2.05) is 48.2 Å². The van der Waals surface area contributed by atoms with Gasteiger partial charge in [0, 0.05) is 30.2 Å². The molecule has 1 heterocycles. The predicted molar refractivity (Wildman–Crippen MR) is 83.1 cm³/mol. The van der Waals surface area contributed by atoms with E-state index in [0.717, 1.165) is 29.8 Å². The molecular formula is C17H19N3O. The van der Waals surface area contributed by atoms with E-state index in [9.17, 15) is 4.79 Å². The number of hydrogen-bond acceptors (Lipinski definition) is 3. The van der Waals surface area contributed by atoms with Crippen molar-refractivity contribution in [1.82, 2.24) is 4.98 Å². The average molecular weight is 281 g/mol. The van der Waals surface area contributed by atoms with Crippen LogP contribution in [0.3, 0.4) is 0 Å². The summed E-state index contributed by atoms with van der Waals surface area (Å²) in [4.78, 5) is 18.9. The van der Waals surface area contributed by atoms with Crippen molar-refractivity contribution in [3.8, 4) is 0 Å². The van der Waals surface area contributed by atoms with Crippen molar-refractivity contribution < 1.29 is 4.79 Å². The summed E-state index contributed by atoms with van der Waals surface area (Å²) in [5.41, 5.74) is 9.17. The minimum Gasteiger partial charge on any atom is -0.326 e. The van der Waals surface area contributed by atoms with Crippen LogP contribution in [0, 0.1) is 6.92 Å². The number of carbonyl (C=O) groups excluding carboxylic acids is 1. The Kier molecular flexibility index (Phi) is 3.71. The lowest BCUT2D eigenvalue weighted by Crippen LogP contribution is -2.33. The van der Waals surface area contributed by atoms with E-state index in [4.69, 9.17) is 5.73 Å². The van der Waals surface area contributed by atoms with Crippen LogP contribution in [0.1, 0.15) is 34.5 Å². The summed E-state index contributed by atoms with van der Waals surface area (Å²) in [5, 5.41) is 0. The molecule has 0 aliphatic heterocycles. The van der Waals surface area contributed by atoms with Crippen molar-refractivity contribution in [2.75, 3.05) is 4.90 Å². The molecular weight excluding hydrogens is 262 g/mol. The van der Waals surface area contributed by atoms with E-state index in [-0.39, 0.29) is 5.91 Å². The van der Waals surface area contributed by atoms with Crippen molar-refractivity contribution in [3.63, 3.8) is 0 Å². The maximum Gasteiger partial charge on any atom is 0.260 e. The molecule has 1 aromatic carbocycles. The number of carbonyl (C=O) groups is 1. The number of nitrogens with two attached hydrogens (primary N) is 1. The fraction of sp³-hybridized carbons (Fsp3) is 0.294. The number of aryl methyl sites for hydroxylation is 1. The van der Waals surface area contributed by atoms with Gasteiger partial charge in [-0.2, -0.15) is 0 Å². The number of amides is 1. The standard InChI is InChI=1S/C17H19N3O/c1-12-2-5-14(11-19-12)17(21)20(16-8-9-16)15-6-3-13(10-18)4-7-15/h2-7,11,16H,8-10,18H2,1H3. The first-order valence-electron chi connectivity index (χ1n) is 7.24. The van der Waals surface area contributed by atoms with Crippen molar-refractivity contribution in [2.24, 2.45) is 5.73 Å². The smallest absolute Gasteiger partial charge is 0.260 e. The highest BCUT2D eigenvalue weighted by Crippen LogP contribution is 2.33. The van der Waals surface area contributed by atoms with Gasteiger partial charge in [0.05, 0.1) is 5.56 Å². The van der Waals surface area contributed by atoms with E-state index in [1.54, 1.807) is 6.20 Å². The first-order valence-corrected chi connectivity index (χ1v) is 7.24. The van der Waals surface area contributed by atoms with Crippen LogP contribution in [0.15, 0.2) is 42.6 Å². The number of aromatic nitrogens is 1. The molecule has 4 heteroatoms. The molecule has 0 bridgehead atoms. The monoisotopic (exact) mass is 281 g/mol. The van der Waals surface area contributed by atoms with Crippen LogP contribution < -0.4 is 10.6 Å². The number of benzene rings is 1. The Labute approximate surface area is 124 Å². The molecule has 3 rings (SSSR count). The van der Waals surface area contributed by atoms with Crippen LogP contribution in [0.4, 0.5) is 5.69 Å². The molecule has 1 aromatic heterocycles. The minimum absolute atomic E-state index is 0.0190. The van der Waals surface area contributed by atoms with Crippen molar-refractivity contribution in [1.29, 1.82) is 0 Å². The summed E-state index contributed by atoms with van der Waals surface area (Å²) >= 11 is 0. The lowest BCUT2D eigenvalue weighted by Gasteiger charge is -2.23. The Morgan fingerprint density at radius 2 is 1.95 bits per heavy atom. The molecule has 1 fully saturated rings. The van der Waals surface area contributed by atoms with E-state index in [1.165, 1.54) is 0 Å². The van der Waals surface area contributed by atoms with Crippen molar-refractivity contribution in [3.05, 3.63) is 59.4 Å². The van der Waals surface area contributed by atoms with Gasteiger partial charge in [-0.1, -0.05) is 12.1 Å². The Balaban J connectivity index is 1.90. The third-order valence-corrected chi connectivity index (χ3v) is 3.74. The molecule has 0 spiro atoms. The Morgan fingerprint density at radius 3 is 2.48 bits per heavy atom. The molecule has 4 nitrogen and oxygen atoms in total. The van der Waals surface area contributed by atoms with E-state index in [0.29, 0.717) is 18.2 Å². The predicted octanol–water partition coefficient (Wildman–Crippen LogP) is 2.66. The number of anilines is 1. The Hall–Kier alpha value is -2.20. The van der Waals surface area contributed by atoms with Crippen LogP contribution in [-0.4, -0.2) is 16.9 Å². The van der Waals surface area contributed by atoms with Crippen LogP contribution in [0.25, 0.3) is 0 Å². The fourth-order valence-corrected chi connectivity index (χ4v) is 2.35. The normalized spacial score (nSPS) is 14.0. The van der Waals surface area contributed by atoms with E-state index < -0.39 is 0 Å². The molecule has 1 aliphatic carbocycles. The maximum atomic E-state index is 12.8. The SMILES string of the molecule is Cc1ccc(C(=O)N(c2ccc(CN)cc2)C2CC2)cn1. The summed E-state index contributed by atoms with van der Waals surface area (Å²) in [6.45, 7) is 2.43. The van der Waals surface area contributed by atoms with Gasteiger partial charge in [0.25, 0.3) is 5.91 Å². The largest absolute Gasteiger partial charge is 0.326 e. The van der Waals surface area contributed by atoms with Crippen LogP contribution in [0.5, 0.6) is 0 Å². The summed E-state index contributed by atoms with van der Waals surface area (Å²) in [5.74, 6) is 0.0190. The molecule has 1 aliphatic rings. The number of hydrogen-bond donors (Lipinski definition) is 1. The zero-order valence-electron chi connectivity index (χ0n) is 12.1. The highest BCUT2D eigenvalue weighted by Gasteiger charge is 2.34. The van der Waals surface area contributed by atoms with Crippen LogP contribution in [-0.2, 0) is 6.54 Å². The van der Waals surface area contributed by atoms with Gasteiger partial charge in [-0.3, -0.25) is 9.78 Å². The maximum absolute atomic E-state index is 12.8. The summed E-state index contributed by atoms with van der Waals surface area (Å²) in [7, 11) is 0. The quantitative estimate of drug-likeness (QED) is 0.937.